The van der Waals surface area contributed by atoms with Crippen molar-refractivity contribution in [3.8, 4) is 0 Å². The highest BCUT2D eigenvalue weighted by Crippen LogP contribution is 2.43. The highest BCUT2D eigenvalue weighted by Gasteiger charge is 2.46. The Labute approximate surface area is 150 Å². The quantitative estimate of drug-likeness (QED) is 0.731. The van der Waals surface area contributed by atoms with Crippen molar-refractivity contribution in [2.45, 2.75) is 44.3 Å². The largest absolute Gasteiger partial charge is 0.343 e. The van der Waals surface area contributed by atoms with Gasteiger partial charge in [0.05, 0.1) is 13.2 Å². The summed E-state index contributed by atoms with van der Waals surface area (Å²) in [5, 5.41) is 0. The first-order chi connectivity index (χ1) is 12.2. The summed E-state index contributed by atoms with van der Waals surface area (Å²) >= 11 is 0. The van der Waals surface area contributed by atoms with Gasteiger partial charge < -0.3 is 20.1 Å². The van der Waals surface area contributed by atoms with Gasteiger partial charge in [0, 0.05) is 11.5 Å². The molecule has 140 valence electrons. The minimum atomic E-state index is -0.680. The Morgan fingerprint density at radius 3 is 2.28 bits per heavy atom. The lowest BCUT2D eigenvalue weighted by atomic mass is 9.84. The number of nitrogens with zero attached hydrogens (tertiary/aromatic N) is 1. The average Bonchev–Trinajstić information content (AvgIpc) is 3.14. The fraction of sp³-hybridized carbons (Fsp3) is 0.700. The number of nitrogens with two attached hydrogens (primary N) is 1. The van der Waals surface area contributed by atoms with E-state index in [1.807, 2.05) is 12.1 Å². The third-order valence-corrected chi connectivity index (χ3v) is 5.52. The van der Waals surface area contributed by atoms with E-state index >= 15 is 0 Å². The summed E-state index contributed by atoms with van der Waals surface area (Å²) in [6.07, 6.45) is 7.00. The van der Waals surface area contributed by atoms with Crippen LogP contribution in [0.2, 0.25) is 0 Å². The zero-order valence-corrected chi connectivity index (χ0v) is 15.1. The lowest BCUT2D eigenvalue weighted by Crippen LogP contribution is -2.44. The molecule has 25 heavy (non-hydrogen) atoms. The molecule has 0 bridgehead atoms. The molecule has 0 unspecified atom stereocenters. The number of piperidine rings is 1. The molecule has 2 fully saturated rings. The van der Waals surface area contributed by atoms with Gasteiger partial charge in [0.15, 0.2) is 5.79 Å². The van der Waals surface area contributed by atoms with Crippen LogP contribution in [-0.4, -0.2) is 44.3 Å². The Morgan fingerprint density at radius 2 is 1.64 bits per heavy atom. The standard InChI is InChI=1S/C20H31FN2O2/c21-19-7-5-17(6-8-19)20(24-15-16-25-20)18-9-13-23(14-10-18)12-4-2-1-3-11-22/h5-8,18H,1-4,9-16,22H2. The fourth-order valence-corrected chi connectivity index (χ4v) is 4.12. The van der Waals surface area contributed by atoms with Crippen LogP contribution in [0.5, 0.6) is 0 Å². The Bertz CT molecular complexity index is 509. The number of unbranched alkanes of at least 4 members (excludes halogenated alkanes) is 3. The minimum Gasteiger partial charge on any atom is -0.343 e. The van der Waals surface area contributed by atoms with E-state index in [2.05, 4.69) is 4.90 Å². The van der Waals surface area contributed by atoms with E-state index in [1.54, 1.807) is 0 Å². The third kappa shape index (κ3) is 4.59. The van der Waals surface area contributed by atoms with Crippen molar-refractivity contribution in [1.82, 2.24) is 4.90 Å². The van der Waals surface area contributed by atoms with E-state index in [-0.39, 0.29) is 5.82 Å². The number of benzene rings is 1. The second kappa shape index (κ2) is 9.08. The first kappa shape index (κ1) is 18.8. The molecule has 0 saturated carbocycles. The van der Waals surface area contributed by atoms with Crippen LogP contribution in [0.3, 0.4) is 0 Å². The molecular weight excluding hydrogens is 319 g/mol. The van der Waals surface area contributed by atoms with Crippen LogP contribution >= 0.6 is 0 Å². The highest BCUT2D eigenvalue weighted by atomic mass is 19.1. The Morgan fingerprint density at radius 1 is 1.00 bits per heavy atom. The van der Waals surface area contributed by atoms with Crippen molar-refractivity contribution in [2.75, 3.05) is 39.4 Å². The number of ether oxygens (including phenoxy) is 2. The van der Waals surface area contributed by atoms with Gasteiger partial charge in [-0.05, 0) is 64.0 Å². The monoisotopic (exact) mass is 350 g/mol. The molecule has 5 heteroatoms. The molecule has 0 aromatic heterocycles. The summed E-state index contributed by atoms with van der Waals surface area (Å²) in [4.78, 5) is 2.55. The molecule has 2 aliphatic heterocycles. The summed E-state index contributed by atoms with van der Waals surface area (Å²) in [7, 11) is 0. The SMILES string of the molecule is NCCCCCCN1CCC(C2(c3ccc(F)cc3)OCCO2)CC1. The molecule has 3 rings (SSSR count). The smallest absolute Gasteiger partial charge is 0.197 e. The van der Waals surface area contributed by atoms with Crippen molar-refractivity contribution >= 4 is 0 Å². The van der Waals surface area contributed by atoms with Crippen LogP contribution in [0, 0.1) is 11.7 Å². The maximum Gasteiger partial charge on any atom is 0.197 e. The molecule has 2 heterocycles. The molecule has 1 aromatic rings. The summed E-state index contributed by atoms with van der Waals surface area (Å²) in [6, 6.07) is 6.62. The van der Waals surface area contributed by atoms with E-state index in [9.17, 15) is 4.39 Å². The van der Waals surface area contributed by atoms with Gasteiger partial charge in [-0.15, -0.1) is 0 Å². The zero-order chi connectivity index (χ0) is 17.5. The number of halogens is 1. The van der Waals surface area contributed by atoms with Gasteiger partial charge in [-0.3, -0.25) is 0 Å². The first-order valence-electron chi connectivity index (χ1n) is 9.71. The van der Waals surface area contributed by atoms with Crippen LogP contribution in [0.25, 0.3) is 0 Å². The highest BCUT2D eigenvalue weighted by molar-refractivity contribution is 5.23. The van der Waals surface area contributed by atoms with E-state index in [0.29, 0.717) is 19.1 Å². The Balaban J connectivity index is 1.54. The molecule has 1 aromatic carbocycles. The molecule has 0 atom stereocenters. The van der Waals surface area contributed by atoms with Gasteiger partial charge in [-0.25, -0.2) is 4.39 Å². The van der Waals surface area contributed by atoms with Gasteiger partial charge >= 0.3 is 0 Å². The molecule has 0 amide bonds. The summed E-state index contributed by atoms with van der Waals surface area (Å²) < 4.78 is 25.5. The van der Waals surface area contributed by atoms with Crippen LogP contribution < -0.4 is 5.73 Å². The number of hydrogen-bond donors (Lipinski definition) is 1. The minimum absolute atomic E-state index is 0.221. The van der Waals surface area contributed by atoms with Crippen molar-refractivity contribution in [3.63, 3.8) is 0 Å². The summed E-state index contributed by atoms with van der Waals surface area (Å²) in [5.41, 5.74) is 6.49. The normalized spacial score (nSPS) is 21.7. The maximum absolute atomic E-state index is 13.3. The second-order valence-electron chi connectivity index (χ2n) is 7.19. The van der Waals surface area contributed by atoms with E-state index < -0.39 is 5.79 Å². The third-order valence-electron chi connectivity index (χ3n) is 5.52. The first-order valence-corrected chi connectivity index (χ1v) is 9.71. The van der Waals surface area contributed by atoms with E-state index in [1.165, 1.54) is 37.9 Å². The lowest BCUT2D eigenvalue weighted by Gasteiger charge is -2.41. The second-order valence-corrected chi connectivity index (χ2v) is 7.19. The van der Waals surface area contributed by atoms with E-state index in [4.69, 9.17) is 15.2 Å². The molecule has 0 radical (unpaired) electrons. The van der Waals surface area contributed by atoms with Gasteiger partial charge in [-0.1, -0.05) is 25.0 Å². The molecular formula is C20H31FN2O2. The predicted octanol–water partition coefficient (Wildman–Crippen LogP) is 3.26. The molecule has 4 nitrogen and oxygen atoms in total. The van der Waals surface area contributed by atoms with Crippen LogP contribution in [0.4, 0.5) is 4.39 Å². The molecule has 2 aliphatic rings. The van der Waals surface area contributed by atoms with Crippen LogP contribution in [0.1, 0.15) is 44.1 Å². The Kier molecular flexibility index (Phi) is 6.82. The molecule has 0 aliphatic carbocycles. The molecule has 2 N–H and O–H groups in total. The number of rotatable bonds is 8. The summed E-state index contributed by atoms with van der Waals surface area (Å²) in [6.45, 7) is 5.35. The van der Waals surface area contributed by atoms with Gasteiger partial charge in [0.1, 0.15) is 5.82 Å². The average molecular weight is 350 g/mol. The van der Waals surface area contributed by atoms with E-state index in [0.717, 1.165) is 44.5 Å². The molecule has 2 saturated heterocycles. The maximum atomic E-state index is 13.3. The topological polar surface area (TPSA) is 47.7 Å². The summed E-state index contributed by atoms with van der Waals surface area (Å²) in [5.74, 6) is -0.573. The van der Waals surface area contributed by atoms with Gasteiger partial charge in [-0.2, -0.15) is 0 Å². The van der Waals surface area contributed by atoms with Crippen molar-refractivity contribution in [3.05, 3.63) is 35.6 Å². The van der Waals surface area contributed by atoms with Crippen molar-refractivity contribution in [2.24, 2.45) is 11.7 Å². The molecule has 0 spiro atoms. The van der Waals surface area contributed by atoms with Crippen molar-refractivity contribution < 1.29 is 13.9 Å². The van der Waals surface area contributed by atoms with Crippen LogP contribution in [-0.2, 0) is 15.3 Å². The number of hydrogen-bond acceptors (Lipinski definition) is 4. The predicted molar refractivity (Wildman–Crippen MR) is 96.7 cm³/mol. The number of likely N-dealkylation sites (tertiary alicyclic amines) is 1. The van der Waals surface area contributed by atoms with Gasteiger partial charge in [0.25, 0.3) is 0 Å². The lowest BCUT2D eigenvalue weighted by molar-refractivity contribution is -0.214. The zero-order valence-electron chi connectivity index (χ0n) is 15.1. The fourth-order valence-electron chi connectivity index (χ4n) is 4.12. The van der Waals surface area contributed by atoms with Gasteiger partial charge in [0.2, 0.25) is 0 Å². The van der Waals surface area contributed by atoms with Crippen molar-refractivity contribution in [1.29, 1.82) is 0 Å². The van der Waals surface area contributed by atoms with Crippen LogP contribution in [0.15, 0.2) is 24.3 Å². The Hall–Kier alpha value is -1.01.